The van der Waals surface area contributed by atoms with E-state index in [-0.39, 0.29) is 10.2 Å². The van der Waals surface area contributed by atoms with Crippen LogP contribution in [0.1, 0.15) is 16.7 Å². The molecule has 0 aliphatic rings. The number of alkyl halides is 3. The van der Waals surface area contributed by atoms with Crippen molar-refractivity contribution in [3.8, 4) is 11.1 Å². The third-order valence-corrected chi connectivity index (χ3v) is 8.67. The summed E-state index contributed by atoms with van der Waals surface area (Å²) in [5, 5.41) is 4.25. The monoisotopic (exact) mass is 553 g/mol. The molecule has 35 heavy (non-hydrogen) atoms. The number of carbonyl (C=O) groups excluding carboxylic acids is 1. The van der Waals surface area contributed by atoms with E-state index < -0.39 is 72.5 Å². The van der Waals surface area contributed by atoms with Crippen LogP contribution in [0, 0.1) is 5.82 Å². The topological polar surface area (TPSA) is 136 Å². The van der Waals surface area contributed by atoms with Crippen molar-refractivity contribution >= 4 is 47.3 Å². The standard InChI is InChI=1S/C20H19F4N3O5S3/c21-14-10-13(12-4-2-1-3-5-12)11-15-16(14)27-19(33-15)17(18(28)26-7-9-35(25,31)32)34(29,30)8-6-20(22,23)24/h1-5,10-11,17H,6-9H2,(H,26,28)(H2,25,31,32). The number of rotatable bonds is 9. The van der Waals surface area contributed by atoms with Crippen LogP contribution in [0.25, 0.3) is 21.3 Å². The fourth-order valence-electron chi connectivity index (χ4n) is 3.13. The number of nitrogens with zero attached hydrogens (tertiary/aromatic N) is 1. The quantitative estimate of drug-likeness (QED) is 0.391. The van der Waals surface area contributed by atoms with E-state index in [1.165, 1.54) is 12.1 Å². The van der Waals surface area contributed by atoms with E-state index in [2.05, 4.69) is 10.3 Å². The SMILES string of the molecule is NS(=O)(=O)CCNC(=O)C(c1nc2c(F)cc(-c3ccccc3)cc2s1)S(=O)(=O)CCC(F)(F)F. The molecule has 0 aliphatic carbocycles. The summed E-state index contributed by atoms with van der Waals surface area (Å²) in [5.74, 6) is -4.26. The number of sulfonamides is 1. The van der Waals surface area contributed by atoms with E-state index in [0.717, 1.165) is 0 Å². The maximum Gasteiger partial charge on any atom is 0.390 e. The van der Waals surface area contributed by atoms with Gasteiger partial charge in [0.2, 0.25) is 15.9 Å². The minimum Gasteiger partial charge on any atom is -0.354 e. The van der Waals surface area contributed by atoms with Gasteiger partial charge in [-0.15, -0.1) is 11.3 Å². The van der Waals surface area contributed by atoms with E-state index in [9.17, 15) is 39.2 Å². The van der Waals surface area contributed by atoms with Crippen LogP contribution in [0.4, 0.5) is 17.6 Å². The second-order valence-corrected chi connectivity index (χ2v) is 12.5. The Labute approximate surface area is 202 Å². The van der Waals surface area contributed by atoms with Gasteiger partial charge in [-0.25, -0.2) is 31.3 Å². The molecule has 1 atom stereocenters. The predicted molar refractivity (Wildman–Crippen MR) is 123 cm³/mol. The maximum atomic E-state index is 14.8. The number of carbonyl (C=O) groups is 1. The molecule has 0 fully saturated rings. The number of nitrogens with one attached hydrogen (secondary N) is 1. The zero-order valence-electron chi connectivity index (χ0n) is 17.7. The van der Waals surface area contributed by atoms with Gasteiger partial charge in [0.25, 0.3) is 0 Å². The van der Waals surface area contributed by atoms with Gasteiger partial charge in [-0.2, -0.15) is 13.2 Å². The summed E-state index contributed by atoms with van der Waals surface area (Å²) in [5.41, 5.74) is 0.844. The Balaban J connectivity index is 2.03. The van der Waals surface area contributed by atoms with Crippen LogP contribution in [0.15, 0.2) is 42.5 Å². The third kappa shape index (κ3) is 7.19. The number of amides is 1. The minimum absolute atomic E-state index is 0.173. The number of benzene rings is 2. The second kappa shape index (κ2) is 10.2. The van der Waals surface area contributed by atoms with Crippen molar-refractivity contribution in [3.63, 3.8) is 0 Å². The Bertz CT molecular complexity index is 1440. The molecular weight excluding hydrogens is 534 g/mol. The number of hydrogen-bond donors (Lipinski definition) is 2. The Kier molecular flexibility index (Phi) is 7.83. The molecule has 0 bridgehead atoms. The fourth-order valence-corrected chi connectivity index (χ4v) is 6.62. The molecular formula is C20H19F4N3O5S3. The van der Waals surface area contributed by atoms with Gasteiger partial charge in [0.15, 0.2) is 20.9 Å². The van der Waals surface area contributed by atoms with Gasteiger partial charge in [0.05, 0.1) is 22.6 Å². The summed E-state index contributed by atoms with van der Waals surface area (Å²) in [7, 11) is -8.79. The lowest BCUT2D eigenvalue weighted by Crippen LogP contribution is -2.38. The summed E-state index contributed by atoms with van der Waals surface area (Å²) in [4.78, 5) is 16.6. The molecule has 3 aromatic rings. The van der Waals surface area contributed by atoms with Crippen molar-refractivity contribution in [1.29, 1.82) is 0 Å². The van der Waals surface area contributed by atoms with E-state index >= 15 is 0 Å². The molecule has 0 saturated heterocycles. The number of thiazole rings is 1. The molecule has 1 unspecified atom stereocenters. The molecule has 1 aromatic heterocycles. The first-order chi connectivity index (χ1) is 16.2. The van der Waals surface area contributed by atoms with E-state index in [0.29, 0.717) is 22.5 Å². The second-order valence-electron chi connectivity index (χ2n) is 7.49. The highest BCUT2D eigenvalue weighted by atomic mass is 32.2. The summed E-state index contributed by atoms with van der Waals surface area (Å²) >= 11 is 0.641. The maximum absolute atomic E-state index is 14.8. The van der Waals surface area contributed by atoms with Crippen LogP contribution < -0.4 is 10.5 Å². The zero-order valence-corrected chi connectivity index (χ0v) is 20.2. The third-order valence-electron chi connectivity index (χ3n) is 4.75. The highest BCUT2D eigenvalue weighted by molar-refractivity contribution is 7.92. The average molecular weight is 554 g/mol. The highest BCUT2D eigenvalue weighted by Gasteiger charge is 2.40. The van der Waals surface area contributed by atoms with Gasteiger partial charge in [-0.05, 0) is 23.3 Å². The van der Waals surface area contributed by atoms with Crippen LogP contribution in [0.3, 0.4) is 0 Å². The molecule has 0 radical (unpaired) electrons. The van der Waals surface area contributed by atoms with Crippen LogP contribution >= 0.6 is 11.3 Å². The number of halogens is 4. The number of fused-ring (bicyclic) bond motifs is 1. The molecule has 3 N–H and O–H groups in total. The van der Waals surface area contributed by atoms with E-state index in [4.69, 9.17) is 5.14 Å². The number of aromatic nitrogens is 1. The van der Waals surface area contributed by atoms with Gasteiger partial charge in [0, 0.05) is 6.54 Å². The molecule has 15 heteroatoms. The molecule has 0 spiro atoms. The van der Waals surface area contributed by atoms with Crippen molar-refractivity contribution in [2.45, 2.75) is 17.8 Å². The smallest absolute Gasteiger partial charge is 0.354 e. The van der Waals surface area contributed by atoms with E-state index in [1.807, 2.05) is 0 Å². The Hall–Kier alpha value is -2.62. The van der Waals surface area contributed by atoms with Crippen molar-refractivity contribution in [1.82, 2.24) is 10.3 Å². The number of primary sulfonamides is 1. The van der Waals surface area contributed by atoms with Gasteiger partial charge >= 0.3 is 6.18 Å². The summed E-state index contributed by atoms with van der Waals surface area (Å²) in [6, 6.07) is 11.3. The largest absolute Gasteiger partial charge is 0.390 e. The molecule has 0 aliphatic heterocycles. The lowest BCUT2D eigenvalue weighted by atomic mass is 10.1. The van der Waals surface area contributed by atoms with Crippen LogP contribution in [0.2, 0.25) is 0 Å². The average Bonchev–Trinajstić information content (AvgIpc) is 3.15. The number of sulfone groups is 1. The van der Waals surface area contributed by atoms with Gasteiger partial charge in [-0.1, -0.05) is 30.3 Å². The minimum atomic E-state index is -4.81. The van der Waals surface area contributed by atoms with Gasteiger partial charge in [-0.3, -0.25) is 4.79 Å². The number of hydrogen-bond acceptors (Lipinski definition) is 7. The predicted octanol–water partition coefficient (Wildman–Crippen LogP) is 2.92. The van der Waals surface area contributed by atoms with Crippen molar-refractivity contribution in [2.75, 3.05) is 18.1 Å². The van der Waals surface area contributed by atoms with Crippen LogP contribution in [0.5, 0.6) is 0 Å². The first kappa shape index (κ1) is 27.0. The first-order valence-corrected chi connectivity index (χ1v) is 14.1. The zero-order chi connectivity index (χ0) is 26.0. The molecule has 3 rings (SSSR count). The Morgan fingerprint density at radius 3 is 2.31 bits per heavy atom. The molecule has 1 heterocycles. The number of nitrogens with two attached hydrogens (primary N) is 1. The van der Waals surface area contributed by atoms with E-state index in [1.54, 1.807) is 30.3 Å². The Morgan fingerprint density at radius 2 is 1.71 bits per heavy atom. The van der Waals surface area contributed by atoms with Gasteiger partial charge in [0.1, 0.15) is 10.5 Å². The molecule has 190 valence electrons. The molecule has 8 nitrogen and oxygen atoms in total. The summed E-state index contributed by atoms with van der Waals surface area (Å²) in [6.07, 6.45) is -6.53. The fraction of sp³-hybridized carbons (Fsp3) is 0.300. The molecule has 0 saturated carbocycles. The first-order valence-electron chi connectivity index (χ1n) is 9.88. The normalized spacial score (nSPS) is 13.6. The van der Waals surface area contributed by atoms with Crippen molar-refractivity contribution in [3.05, 3.63) is 53.3 Å². The van der Waals surface area contributed by atoms with Crippen LogP contribution in [-0.4, -0.2) is 52.0 Å². The molecule has 2 aromatic carbocycles. The Morgan fingerprint density at radius 1 is 1.06 bits per heavy atom. The highest BCUT2D eigenvalue weighted by Crippen LogP contribution is 2.36. The summed E-state index contributed by atoms with van der Waals surface area (Å²) < 4.78 is 101. The van der Waals surface area contributed by atoms with Crippen LogP contribution in [-0.2, 0) is 24.7 Å². The lowest BCUT2D eigenvalue weighted by Gasteiger charge is -2.16. The summed E-state index contributed by atoms with van der Waals surface area (Å²) in [6.45, 7) is -0.583. The van der Waals surface area contributed by atoms with Crippen molar-refractivity contribution in [2.24, 2.45) is 5.14 Å². The van der Waals surface area contributed by atoms with Crippen molar-refractivity contribution < 1.29 is 39.2 Å². The van der Waals surface area contributed by atoms with Gasteiger partial charge < -0.3 is 5.32 Å². The molecule has 1 amide bonds. The lowest BCUT2D eigenvalue weighted by molar-refractivity contribution is -0.130.